The van der Waals surface area contributed by atoms with Crippen LogP contribution in [0.25, 0.3) is 10.9 Å². The molecule has 1 aliphatic heterocycles. The first-order valence-corrected chi connectivity index (χ1v) is 8.50. The zero-order chi connectivity index (χ0) is 18.8. The molecule has 0 radical (unpaired) electrons. The van der Waals surface area contributed by atoms with Gasteiger partial charge in [-0.05, 0) is 12.1 Å². The Hall–Kier alpha value is -3.56. The van der Waals surface area contributed by atoms with Gasteiger partial charge in [-0.3, -0.25) is 24.0 Å². The highest BCUT2D eigenvalue weighted by Gasteiger charge is 2.26. The highest BCUT2D eigenvalue weighted by Crippen LogP contribution is 2.08. The number of carbonyl (C=O) groups is 2. The Labute approximate surface area is 153 Å². The normalized spacial score (nSPS) is 14.5. The molecule has 1 saturated heterocycles. The van der Waals surface area contributed by atoms with Crippen LogP contribution in [0.3, 0.4) is 0 Å². The topological polar surface area (TPSA) is 117 Å². The standard InChI is InChI=1S/C17H17N7O3/c25-14(9-24-11-19-13-4-2-1-3-12(13)16(24)26)22-5-7-23(8-6-22)17(27)15-18-10-20-21-15/h1-4,10-11H,5-9H2,(H,18,20,21). The van der Waals surface area contributed by atoms with Crippen LogP contribution in [0.4, 0.5) is 0 Å². The van der Waals surface area contributed by atoms with Crippen molar-refractivity contribution in [3.63, 3.8) is 0 Å². The molecule has 10 nitrogen and oxygen atoms in total. The molecular formula is C17H17N7O3. The van der Waals surface area contributed by atoms with Gasteiger partial charge >= 0.3 is 0 Å². The van der Waals surface area contributed by atoms with Gasteiger partial charge in [0.15, 0.2) is 0 Å². The van der Waals surface area contributed by atoms with Crippen LogP contribution >= 0.6 is 0 Å². The molecule has 0 atom stereocenters. The molecule has 1 N–H and O–H groups in total. The number of aromatic nitrogens is 5. The number of nitrogens with zero attached hydrogens (tertiary/aromatic N) is 6. The van der Waals surface area contributed by atoms with E-state index in [4.69, 9.17) is 0 Å². The van der Waals surface area contributed by atoms with Crippen molar-refractivity contribution in [1.82, 2.24) is 34.5 Å². The van der Waals surface area contributed by atoms with Gasteiger partial charge in [-0.1, -0.05) is 12.1 Å². The monoisotopic (exact) mass is 367 g/mol. The van der Waals surface area contributed by atoms with Gasteiger partial charge in [0.05, 0.1) is 17.2 Å². The Morgan fingerprint density at radius 2 is 1.78 bits per heavy atom. The predicted octanol–water partition coefficient (Wildman–Crippen LogP) is -0.501. The van der Waals surface area contributed by atoms with E-state index in [0.29, 0.717) is 37.1 Å². The summed E-state index contributed by atoms with van der Waals surface area (Å²) in [5.74, 6) is -0.237. The molecule has 4 rings (SSSR count). The number of rotatable bonds is 3. The highest BCUT2D eigenvalue weighted by molar-refractivity contribution is 5.90. The fourth-order valence-electron chi connectivity index (χ4n) is 3.08. The molecule has 1 fully saturated rings. The largest absolute Gasteiger partial charge is 0.338 e. The zero-order valence-electron chi connectivity index (χ0n) is 14.4. The maximum atomic E-state index is 12.6. The van der Waals surface area contributed by atoms with E-state index < -0.39 is 0 Å². The van der Waals surface area contributed by atoms with Crippen LogP contribution in [-0.2, 0) is 11.3 Å². The first kappa shape index (κ1) is 16.9. The van der Waals surface area contributed by atoms with E-state index in [-0.39, 0.29) is 29.7 Å². The molecule has 3 heterocycles. The Balaban J connectivity index is 1.41. The minimum Gasteiger partial charge on any atom is -0.338 e. The number of carbonyl (C=O) groups excluding carboxylic acids is 2. The van der Waals surface area contributed by atoms with Gasteiger partial charge in [0, 0.05) is 26.2 Å². The maximum Gasteiger partial charge on any atom is 0.291 e. The summed E-state index contributed by atoms with van der Waals surface area (Å²) in [6, 6.07) is 7.03. The molecular weight excluding hydrogens is 350 g/mol. The molecule has 0 aliphatic carbocycles. The molecule has 0 unspecified atom stereocenters. The van der Waals surface area contributed by atoms with Crippen LogP contribution in [0.2, 0.25) is 0 Å². The molecule has 10 heteroatoms. The first-order chi connectivity index (χ1) is 13.1. The van der Waals surface area contributed by atoms with Gasteiger partial charge in [-0.25, -0.2) is 9.97 Å². The third-order valence-electron chi connectivity index (χ3n) is 4.57. The van der Waals surface area contributed by atoms with E-state index in [2.05, 4.69) is 20.2 Å². The van der Waals surface area contributed by atoms with Crippen molar-refractivity contribution >= 4 is 22.7 Å². The quantitative estimate of drug-likeness (QED) is 0.667. The summed E-state index contributed by atoms with van der Waals surface area (Å²) < 4.78 is 1.32. The summed E-state index contributed by atoms with van der Waals surface area (Å²) in [5, 5.41) is 6.70. The second-order valence-electron chi connectivity index (χ2n) is 6.20. The van der Waals surface area contributed by atoms with Gasteiger partial charge in [-0.2, -0.15) is 5.10 Å². The Bertz CT molecular complexity index is 1040. The van der Waals surface area contributed by atoms with Gasteiger partial charge in [0.2, 0.25) is 11.7 Å². The molecule has 0 spiro atoms. The van der Waals surface area contributed by atoms with Crippen LogP contribution in [0.5, 0.6) is 0 Å². The second-order valence-corrected chi connectivity index (χ2v) is 6.20. The number of H-pyrrole nitrogens is 1. The van der Waals surface area contributed by atoms with Crippen molar-refractivity contribution in [3.8, 4) is 0 Å². The van der Waals surface area contributed by atoms with Gasteiger partial charge in [0.1, 0.15) is 12.9 Å². The lowest BCUT2D eigenvalue weighted by atomic mass is 10.2. The number of piperazine rings is 1. The van der Waals surface area contributed by atoms with Crippen LogP contribution in [0.1, 0.15) is 10.6 Å². The molecule has 1 aromatic carbocycles. The van der Waals surface area contributed by atoms with Crippen LogP contribution in [-0.4, -0.2) is 72.5 Å². The molecule has 2 aromatic heterocycles. The molecule has 138 valence electrons. The number of benzene rings is 1. The first-order valence-electron chi connectivity index (χ1n) is 8.50. The van der Waals surface area contributed by atoms with Crippen molar-refractivity contribution in [2.45, 2.75) is 6.54 Å². The van der Waals surface area contributed by atoms with Crippen molar-refractivity contribution in [2.75, 3.05) is 26.2 Å². The lowest BCUT2D eigenvalue weighted by Crippen LogP contribution is -2.51. The van der Waals surface area contributed by atoms with Crippen molar-refractivity contribution in [3.05, 3.63) is 53.1 Å². The van der Waals surface area contributed by atoms with Crippen LogP contribution < -0.4 is 5.56 Å². The fourth-order valence-corrected chi connectivity index (χ4v) is 3.08. The smallest absolute Gasteiger partial charge is 0.291 e. The van der Waals surface area contributed by atoms with Gasteiger partial charge in [0.25, 0.3) is 11.5 Å². The molecule has 3 aromatic rings. The third-order valence-corrected chi connectivity index (χ3v) is 4.57. The van der Waals surface area contributed by atoms with E-state index >= 15 is 0 Å². The molecule has 1 aliphatic rings. The maximum absolute atomic E-state index is 12.6. The number of fused-ring (bicyclic) bond motifs is 1. The molecule has 0 bridgehead atoms. The number of aromatic amines is 1. The zero-order valence-corrected chi connectivity index (χ0v) is 14.4. The fraction of sp³-hybridized carbons (Fsp3) is 0.294. The van der Waals surface area contributed by atoms with Gasteiger partial charge < -0.3 is 9.80 Å². The van der Waals surface area contributed by atoms with Crippen molar-refractivity contribution in [1.29, 1.82) is 0 Å². The highest BCUT2D eigenvalue weighted by atomic mass is 16.2. The van der Waals surface area contributed by atoms with E-state index in [1.54, 1.807) is 28.0 Å². The minimum absolute atomic E-state index is 0.0767. The lowest BCUT2D eigenvalue weighted by Gasteiger charge is -2.34. The Morgan fingerprint density at radius 1 is 1.04 bits per heavy atom. The molecule has 2 amide bonds. The van der Waals surface area contributed by atoms with Gasteiger partial charge in [-0.15, -0.1) is 0 Å². The Kier molecular flexibility index (Phi) is 4.37. The summed E-state index contributed by atoms with van der Waals surface area (Å²) >= 11 is 0. The summed E-state index contributed by atoms with van der Waals surface area (Å²) in [6.45, 7) is 1.52. The summed E-state index contributed by atoms with van der Waals surface area (Å²) in [7, 11) is 0. The number of para-hydroxylation sites is 1. The molecule has 0 saturated carbocycles. The van der Waals surface area contributed by atoms with E-state index in [0.717, 1.165) is 0 Å². The summed E-state index contributed by atoms with van der Waals surface area (Å²) in [5.41, 5.74) is 0.360. The van der Waals surface area contributed by atoms with Crippen LogP contribution in [0, 0.1) is 0 Å². The van der Waals surface area contributed by atoms with E-state index in [1.807, 2.05) is 6.07 Å². The van der Waals surface area contributed by atoms with E-state index in [9.17, 15) is 14.4 Å². The number of hydrogen-bond acceptors (Lipinski definition) is 6. The van der Waals surface area contributed by atoms with Crippen molar-refractivity contribution in [2.24, 2.45) is 0 Å². The van der Waals surface area contributed by atoms with Crippen molar-refractivity contribution < 1.29 is 9.59 Å². The van der Waals surface area contributed by atoms with E-state index in [1.165, 1.54) is 17.2 Å². The minimum atomic E-state index is -0.243. The second kappa shape index (κ2) is 6.98. The molecule has 27 heavy (non-hydrogen) atoms. The van der Waals surface area contributed by atoms with Crippen LogP contribution in [0.15, 0.2) is 41.7 Å². The number of nitrogens with one attached hydrogen (secondary N) is 1. The number of hydrogen-bond donors (Lipinski definition) is 1. The predicted molar refractivity (Wildman–Crippen MR) is 94.9 cm³/mol. The third kappa shape index (κ3) is 3.28. The summed E-state index contributed by atoms with van der Waals surface area (Å²) in [6.07, 6.45) is 2.68. The average molecular weight is 367 g/mol. The average Bonchev–Trinajstić information content (AvgIpc) is 3.25. The lowest BCUT2D eigenvalue weighted by molar-refractivity contribution is -0.133. The Morgan fingerprint density at radius 3 is 2.52 bits per heavy atom. The number of amides is 2. The summed E-state index contributed by atoms with van der Waals surface area (Å²) in [4.78, 5) is 48.6. The SMILES string of the molecule is O=C(Cn1cnc2ccccc2c1=O)N1CCN(C(=O)c2ncn[nH]2)CC1.